The van der Waals surface area contributed by atoms with Gasteiger partial charge < -0.3 is 15.1 Å². The van der Waals surface area contributed by atoms with Gasteiger partial charge in [-0.2, -0.15) is 12.6 Å². The second kappa shape index (κ2) is 11.7. The van der Waals surface area contributed by atoms with Crippen molar-refractivity contribution in [2.24, 2.45) is 0 Å². The van der Waals surface area contributed by atoms with Crippen LogP contribution in [0.3, 0.4) is 0 Å². The first-order chi connectivity index (χ1) is 11.1. The van der Waals surface area contributed by atoms with Gasteiger partial charge in [0.1, 0.15) is 6.04 Å². The summed E-state index contributed by atoms with van der Waals surface area (Å²) in [5.74, 6) is -0.372. The highest BCUT2D eigenvalue weighted by molar-refractivity contribution is 7.80. The maximum Gasteiger partial charge on any atom is 0.326 e. The van der Waals surface area contributed by atoms with E-state index >= 15 is 0 Å². The molecule has 2 N–H and O–H groups in total. The van der Waals surface area contributed by atoms with Crippen LogP contribution in [0.15, 0.2) is 0 Å². The van der Waals surface area contributed by atoms with Gasteiger partial charge in [-0.15, -0.1) is 0 Å². The number of hydrogen-bond donors (Lipinski definition) is 3. The van der Waals surface area contributed by atoms with Crippen LogP contribution < -0.4 is 0 Å². The quantitative estimate of drug-likeness (QED) is 0.367. The Morgan fingerprint density at radius 1 is 1.08 bits per heavy atom. The number of carboxylic acids is 1. The third-order valence-electron chi connectivity index (χ3n) is 4.02. The number of carbonyl (C=O) groups excluding carboxylic acids is 1. The van der Waals surface area contributed by atoms with Crippen molar-refractivity contribution < 1.29 is 19.8 Å². The van der Waals surface area contributed by atoms with Crippen molar-refractivity contribution in [3.63, 3.8) is 0 Å². The Balaban J connectivity index is 4.94. The van der Waals surface area contributed by atoms with Gasteiger partial charge in [0, 0.05) is 12.0 Å². The molecule has 0 radical (unpaired) electrons. The molecular formula is C18H35NO4S. The number of carboxylic acid groups (broad SMARTS) is 1. The Hall–Kier alpha value is -0.750. The van der Waals surface area contributed by atoms with Gasteiger partial charge in [0.2, 0.25) is 5.91 Å². The summed E-state index contributed by atoms with van der Waals surface area (Å²) in [6, 6.07) is -0.845. The average Bonchev–Trinajstić information content (AvgIpc) is 2.45. The molecule has 5 nitrogen and oxygen atoms in total. The van der Waals surface area contributed by atoms with Gasteiger partial charge in [0.25, 0.3) is 0 Å². The molecule has 0 saturated heterocycles. The Morgan fingerprint density at radius 2 is 1.71 bits per heavy atom. The summed E-state index contributed by atoms with van der Waals surface area (Å²) in [6.07, 6.45) is 4.68. The molecular weight excluding hydrogens is 326 g/mol. The van der Waals surface area contributed by atoms with Gasteiger partial charge in [-0.25, -0.2) is 4.79 Å². The summed E-state index contributed by atoms with van der Waals surface area (Å²) in [4.78, 5) is 25.9. The first-order valence-corrected chi connectivity index (χ1v) is 9.62. The maximum absolute atomic E-state index is 12.6. The van der Waals surface area contributed by atoms with Gasteiger partial charge in [0.15, 0.2) is 0 Å². The molecule has 0 fully saturated rings. The Morgan fingerprint density at radius 3 is 2.17 bits per heavy atom. The molecule has 0 rings (SSSR count). The summed E-state index contributed by atoms with van der Waals surface area (Å²) in [7, 11) is 0. The number of hydrogen-bond acceptors (Lipinski definition) is 4. The lowest BCUT2D eigenvalue weighted by atomic mass is 9.97. The normalized spacial score (nSPS) is 14.2. The molecule has 0 aliphatic rings. The summed E-state index contributed by atoms with van der Waals surface area (Å²) < 4.78 is 0. The topological polar surface area (TPSA) is 77.8 Å². The van der Waals surface area contributed by atoms with E-state index in [1.165, 1.54) is 4.90 Å². The molecule has 0 spiro atoms. The van der Waals surface area contributed by atoms with Crippen LogP contribution in [0.1, 0.15) is 79.1 Å². The molecule has 1 unspecified atom stereocenters. The predicted molar refractivity (Wildman–Crippen MR) is 100 cm³/mol. The highest BCUT2D eigenvalue weighted by Gasteiger charge is 2.36. The first-order valence-electron chi connectivity index (χ1n) is 8.99. The maximum atomic E-state index is 12.6. The van der Waals surface area contributed by atoms with E-state index in [4.69, 9.17) is 0 Å². The molecule has 0 saturated carbocycles. The van der Waals surface area contributed by atoms with Crippen LogP contribution >= 0.6 is 12.6 Å². The van der Waals surface area contributed by atoms with Crippen molar-refractivity contribution >= 4 is 24.5 Å². The molecule has 2 atom stereocenters. The zero-order chi connectivity index (χ0) is 18.8. The lowest BCUT2D eigenvalue weighted by Crippen LogP contribution is -2.54. The van der Waals surface area contributed by atoms with Crippen molar-refractivity contribution in [2.75, 3.05) is 5.75 Å². The van der Waals surface area contributed by atoms with E-state index in [1.54, 1.807) is 0 Å². The summed E-state index contributed by atoms with van der Waals surface area (Å²) in [5, 5.41) is 19.4. The molecule has 0 aliphatic heterocycles. The van der Waals surface area contributed by atoms with E-state index in [1.807, 2.05) is 27.7 Å². The molecule has 0 heterocycles. The van der Waals surface area contributed by atoms with Gasteiger partial charge in [-0.3, -0.25) is 4.79 Å². The number of aliphatic hydroxyl groups is 1. The minimum absolute atomic E-state index is 0.120. The van der Waals surface area contributed by atoms with Gasteiger partial charge in [-0.1, -0.05) is 13.3 Å². The lowest BCUT2D eigenvalue weighted by molar-refractivity contribution is -0.155. The van der Waals surface area contributed by atoms with E-state index in [2.05, 4.69) is 12.6 Å². The monoisotopic (exact) mass is 361 g/mol. The van der Waals surface area contributed by atoms with Gasteiger partial charge in [-0.05, 0) is 65.0 Å². The standard InChI is InChI=1S/C18H35NO4S/c1-5-9-14(20)10-8-11-15(17(22)23)19(18(2,3)4)16(21)12-6-7-13-24/h14-15,20,24H,5-13H2,1-4H3,(H,22,23)/t14?,15-/m0/s1. The number of aliphatic carboxylic acids is 1. The Labute approximate surface area is 152 Å². The smallest absolute Gasteiger partial charge is 0.326 e. The highest BCUT2D eigenvalue weighted by atomic mass is 32.1. The molecule has 24 heavy (non-hydrogen) atoms. The van der Waals surface area contributed by atoms with Crippen molar-refractivity contribution in [1.29, 1.82) is 0 Å². The predicted octanol–water partition coefficient (Wildman–Crippen LogP) is 3.50. The number of unbranched alkanes of at least 4 members (excludes halogenated alkanes) is 1. The average molecular weight is 362 g/mol. The van der Waals surface area contributed by atoms with E-state index in [0.29, 0.717) is 25.7 Å². The first kappa shape index (κ1) is 23.2. The number of rotatable bonds is 12. The van der Waals surface area contributed by atoms with Crippen molar-refractivity contribution in [1.82, 2.24) is 4.90 Å². The van der Waals surface area contributed by atoms with Crippen LogP contribution in [0.4, 0.5) is 0 Å². The molecule has 0 aromatic rings. The highest BCUT2D eigenvalue weighted by Crippen LogP contribution is 2.23. The molecule has 0 aromatic carbocycles. The number of amides is 1. The van der Waals surface area contributed by atoms with E-state index in [9.17, 15) is 19.8 Å². The summed E-state index contributed by atoms with van der Waals surface area (Å²) in [6.45, 7) is 7.61. The van der Waals surface area contributed by atoms with Crippen LogP contribution in [0.25, 0.3) is 0 Å². The molecule has 142 valence electrons. The molecule has 6 heteroatoms. The van der Waals surface area contributed by atoms with Crippen LogP contribution in [-0.4, -0.2) is 50.4 Å². The summed E-state index contributed by atoms with van der Waals surface area (Å²) >= 11 is 4.14. The van der Waals surface area contributed by atoms with Crippen LogP contribution in [-0.2, 0) is 9.59 Å². The lowest BCUT2D eigenvalue weighted by Gasteiger charge is -2.40. The number of carbonyl (C=O) groups is 2. The second-order valence-corrected chi connectivity index (χ2v) is 7.79. The third kappa shape index (κ3) is 8.92. The molecule has 1 amide bonds. The fraction of sp³-hybridized carbons (Fsp3) is 0.889. The van der Waals surface area contributed by atoms with E-state index in [0.717, 1.165) is 31.4 Å². The Bertz CT molecular complexity index is 382. The number of thiol groups is 1. The third-order valence-corrected chi connectivity index (χ3v) is 4.34. The zero-order valence-corrected chi connectivity index (χ0v) is 16.5. The van der Waals surface area contributed by atoms with Crippen LogP contribution in [0.5, 0.6) is 0 Å². The Kier molecular flexibility index (Phi) is 11.4. The van der Waals surface area contributed by atoms with E-state index < -0.39 is 23.7 Å². The minimum atomic E-state index is -0.975. The zero-order valence-electron chi connectivity index (χ0n) is 15.6. The van der Waals surface area contributed by atoms with Gasteiger partial charge >= 0.3 is 5.97 Å². The number of aliphatic hydroxyl groups excluding tert-OH is 1. The van der Waals surface area contributed by atoms with Crippen LogP contribution in [0, 0.1) is 0 Å². The number of nitrogens with zero attached hydrogens (tertiary/aromatic N) is 1. The molecule has 0 aromatic heterocycles. The fourth-order valence-electron chi connectivity index (χ4n) is 2.91. The SMILES string of the molecule is CCCC(O)CCC[C@@H](C(=O)O)N(C(=O)CCCCS)C(C)(C)C. The van der Waals surface area contributed by atoms with Crippen molar-refractivity contribution in [3.05, 3.63) is 0 Å². The molecule has 0 bridgehead atoms. The molecule has 0 aliphatic carbocycles. The fourth-order valence-corrected chi connectivity index (χ4v) is 3.13. The summed E-state index contributed by atoms with van der Waals surface area (Å²) in [5.41, 5.74) is -0.552. The van der Waals surface area contributed by atoms with Crippen molar-refractivity contribution in [2.45, 2.75) is 96.7 Å². The minimum Gasteiger partial charge on any atom is -0.480 e. The van der Waals surface area contributed by atoms with E-state index in [-0.39, 0.29) is 5.91 Å². The second-order valence-electron chi connectivity index (χ2n) is 7.34. The van der Waals surface area contributed by atoms with Gasteiger partial charge in [0.05, 0.1) is 6.10 Å². The van der Waals surface area contributed by atoms with Crippen LogP contribution in [0.2, 0.25) is 0 Å². The van der Waals surface area contributed by atoms with Crippen molar-refractivity contribution in [3.8, 4) is 0 Å². The largest absolute Gasteiger partial charge is 0.480 e.